The Kier molecular flexibility index (Phi) is 4.88. The van der Waals surface area contributed by atoms with Crippen molar-refractivity contribution in [1.82, 2.24) is 14.7 Å². The highest BCUT2D eigenvalue weighted by Gasteiger charge is 2.27. The lowest BCUT2D eigenvalue weighted by Gasteiger charge is -2.27. The number of hydrogen-bond donors (Lipinski definition) is 1. The number of carbonyl (C=O) groups is 1. The summed E-state index contributed by atoms with van der Waals surface area (Å²) in [6.45, 7) is 4.22. The van der Waals surface area contributed by atoms with Crippen molar-refractivity contribution in [2.45, 2.75) is 17.7 Å². The van der Waals surface area contributed by atoms with Gasteiger partial charge in [0, 0.05) is 19.6 Å². The average molecular weight is 370 g/mol. The summed E-state index contributed by atoms with van der Waals surface area (Å²) in [5.74, 6) is -0.249. The molecule has 1 N–H and O–H groups in total. The molecule has 0 radical (unpaired) electrons. The zero-order chi connectivity index (χ0) is 17.2. The van der Waals surface area contributed by atoms with Crippen molar-refractivity contribution in [2.75, 3.05) is 31.0 Å². The van der Waals surface area contributed by atoms with E-state index in [1.54, 1.807) is 16.3 Å². The van der Waals surface area contributed by atoms with Gasteiger partial charge >= 0.3 is 0 Å². The number of hydrogen-bond acceptors (Lipinski definition) is 6. The van der Waals surface area contributed by atoms with Crippen LogP contribution in [0.3, 0.4) is 0 Å². The molecule has 8 nitrogen and oxygen atoms in total. The smallest absolute Gasteiger partial charge is 0.274 e. The second-order valence-corrected chi connectivity index (χ2v) is 8.02. The van der Waals surface area contributed by atoms with Crippen molar-refractivity contribution in [1.29, 1.82) is 0 Å². The molecular formula is C14H18N4O4S2. The van der Waals surface area contributed by atoms with Crippen LogP contribution in [0.25, 0.3) is 0 Å². The Labute approximate surface area is 144 Å². The first-order valence-electron chi connectivity index (χ1n) is 7.52. The van der Waals surface area contributed by atoms with Crippen molar-refractivity contribution < 1.29 is 17.9 Å². The summed E-state index contributed by atoms with van der Waals surface area (Å²) >= 11 is 1.11. The van der Waals surface area contributed by atoms with Crippen molar-refractivity contribution in [3.05, 3.63) is 29.4 Å². The summed E-state index contributed by atoms with van der Waals surface area (Å²) < 4.78 is 34.3. The highest BCUT2D eigenvalue weighted by Crippen LogP contribution is 2.24. The van der Waals surface area contributed by atoms with Gasteiger partial charge in [0.05, 0.1) is 25.1 Å². The number of carbonyl (C=O) groups excluding carboxylic acids is 1. The van der Waals surface area contributed by atoms with Crippen molar-refractivity contribution in [3.63, 3.8) is 0 Å². The zero-order valence-electron chi connectivity index (χ0n) is 13.1. The van der Waals surface area contributed by atoms with Crippen LogP contribution in [-0.4, -0.2) is 55.3 Å². The maximum Gasteiger partial charge on any atom is 0.274 e. The van der Waals surface area contributed by atoms with Crippen LogP contribution in [0.1, 0.15) is 17.4 Å². The predicted octanol–water partition coefficient (Wildman–Crippen LogP) is 1.24. The topological polar surface area (TPSA) is 93.5 Å². The van der Waals surface area contributed by atoms with Crippen LogP contribution in [0.5, 0.6) is 0 Å². The molecule has 1 aliphatic rings. The molecule has 0 spiro atoms. The van der Waals surface area contributed by atoms with E-state index in [1.165, 1.54) is 16.9 Å². The number of nitrogens with zero attached hydrogens (tertiary/aromatic N) is 3. The molecule has 3 heterocycles. The first-order chi connectivity index (χ1) is 11.5. The van der Waals surface area contributed by atoms with Crippen LogP contribution in [0.4, 0.5) is 5.69 Å². The fraction of sp³-hybridized carbons (Fsp3) is 0.429. The van der Waals surface area contributed by atoms with Gasteiger partial charge < -0.3 is 9.64 Å². The molecule has 1 aliphatic heterocycles. The molecule has 10 heteroatoms. The van der Waals surface area contributed by atoms with E-state index in [9.17, 15) is 13.2 Å². The fourth-order valence-corrected chi connectivity index (χ4v) is 4.50. The molecule has 0 aromatic carbocycles. The quantitative estimate of drug-likeness (QED) is 0.855. The minimum Gasteiger partial charge on any atom is -0.378 e. The maximum absolute atomic E-state index is 12.8. The number of nitrogens with one attached hydrogen (secondary N) is 1. The van der Waals surface area contributed by atoms with Gasteiger partial charge in [0.1, 0.15) is 4.21 Å². The first-order valence-corrected chi connectivity index (χ1v) is 9.88. The van der Waals surface area contributed by atoms with E-state index in [-0.39, 0.29) is 21.5 Å². The molecule has 3 rings (SSSR count). The molecule has 0 aliphatic carbocycles. The number of rotatable bonds is 5. The van der Waals surface area contributed by atoms with Crippen LogP contribution in [-0.2, 0) is 21.3 Å². The number of ether oxygens (including phenoxy) is 1. The monoisotopic (exact) mass is 370 g/mol. The van der Waals surface area contributed by atoms with Gasteiger partial charge in [0.2, 0.25) is 0 Å². The molecule has 0 unspecified atom stereocenters. The number of sulfonamides is 1. The third-order valence-corrected chi connectivity index (χ3v) is 6.41. The molecular weight excluding hydrogens is 352 g/mol. The van der Waals surface area contributed by atoms with Crippen molar-refractivity contribution in [2.24, 2.45) is 0 Å². The second kappa shape index (κ2) is 6.91. The van der Waals surface area contributed by atoms with Crippen LogP contribution in [0.15, 0.2) is 27.9 Å². The SMILES string of the molecule is CCn1ncc(NS(=O)(=O)c2cccs2)c1C(=O)N1CCOCC1. The third-order valence-electron chi connectivity index (χ3n) is 3.64. The Morgan fingerprint density at radius 3 is 2.79 bits per heavy atom. The highest BCUT2D eigenvalue weighted by atomic mass is 32.2. The Bertz CT molecular complexity index is 808. The molecule has 0 bridgehead atoms. The summed E-state index contributed by atoms with van der Waals surface area (Å²) in [6.07, 6.45) is 1.38. The van der Waals surface area contributed by atoms with Gasteiger partial charge in [-0.15, -0.1) is 11.3 Å². The summed E-state index contributed by atoms with van der Waals surface area (Å²) in [4.78, 5) is 14.5. The van der Waals surface area contributed by atoms with E-state index in [1.807, 2.05) is 6.92 Å². The lowest BCUT2D eigenvalue weighted by atomic mass is 10.3. The van der Waals surface area contributed by atoms with Crippen LogP contribution in [0.2, 0.25) is 0 Å². The van der Waals surface area contributed by atoms with Gasteiger partial charge in [0.15, 0.2) is 5.69 Å². The van der Waals surface area contributed by atoms with Crippen LogP contribution in [0, 0.1) is 0 Å². The minimum absolute atomic E-state index is 0.191. The van der Waals surface area contributed by atoms with Gasteiger partial charge in [-0.3, -0.25) is 14.2 Å². The third kappa shape index (κ3) is 3.30. The molecule has 2 aromatic heterocycles. The predicted molar refractivity (Wildman–Crippen MR) is 89.8 cm³/mol. The Morgan fingerprint density at radius 1 is 1.42 bits per heavy atom. The zero-order valence-corrected chi connectivity index (χ0v) is 14.8. The Morgan fingerprint density at radius 2 is 2.17 bits per heavy atom. The van der Waals surface area contributed by atoms with Gasteiger partial charge in [-0.2, -0.15) is 5.10 Å². The summed E-state index contributed by atoms with van der Waals surface area (Å²) in [7, 11) is -3.73. The standard InChI is InChI=1S/C14H18N4O4S2/c1-2-18-13(14(19)17-5-7-22-8-6-17)11(10-15-18)16-24(20,21)12-4-3-9-23-12/h3-4,9-10,16H,2,5-8H2,1H3. The lowest BCUT2D eigenvalue weighted by molar-refractivity contribution is 0.0295. The lowest BCUT2D eigenvalue weighted by Crippen LogP contribution is -2.41. The summed E-state index contributed by atoms with van der Waals surface area (Å²) in [5, 5.41) is 5.81. The van der Waals surface area contributed by atoms with Gasteiger partial charge in [0.25, 0.3) is 15.9 Å². The molecule has 0 atom stereocenters. The van der Waals surface area contributed by atoms with Gasteiger partial charge in [-0.25, -0.2) is 8.42 Å². The molecule has 1 amide bonds. The molecule has 1 saturated heterocycles. The molecule has 130 valence electrons. The number of thiophene rings is 1. The average Bonchev–Trinajstić information content (AvgIpc) is 3.24. The Balaban J connectivity index is 1.92. The van der Waals surface area contributed by atoms with Crippen LogP contribution < -0.4 is 4.72 Å². The van der Waals surface area contributed by atoms with E-state index in [0.29, 0.717) is 32.8 Å². The largest absolute Gasteiger partial charge is 0.378 e. The minimum atomic E-state index is -3.73. The molecule has 0 saturated carbocycles. The van der Waals surface area contributed by atoms with Gasteiger partial charge in [-0.1, -0.05) is 6.07 Å². The molecule has 1 fully saturated rings. The number of morpholine rings is 1. The van der Waals surface area contributed by atoms with E-state index < -0.39 is 10.0 Å². The van der Waals surface area contributed by atoms with E-state index in [2.05, 4.69) is 9.82 Å². The second-order valence-electron chi connectivity index (χ2n) is 5.16. The fourth-order valence-electron chi connectivity index (χ4n) is 2.45. The van der Waals surface area contributed by atoms with E-state index in [4.69, 9.17) is 4.74 Å². The summed E-state index contributed by atoms with van der Waals surface area (Å²) in [6, 6.07) is 3.18. The number of anilines is 1. The number of amides is 1. The number of aromatic nitrogens is 2. The summed E-state index contributed by atoms with van der Waals surface area (Å²) in [5.41, 5.74) is 0.446. The van der Waals surface area contributed by atoms with Crippen molar-refractivity contribution >= 4 is 33.0 Å². The van der Waals surface area contributed by atoms with Crippen molar-refractivity contribution in [3.8, 4) is 0 Å². The molecule has 2 aromatic rings. The first kappa shape index (κ1) is 16.9. The van der Waals surface area contributed by atoms with Crippen LogP contribution >= 0.6 is 11.3 Å². The normalized spacial score (nSPS) is 15.5. The van der Waals surface area contributed by atoms with E-state index in [0.717, 1.165) is 11.3 Å². The molecule has 24 heavy (non-hydrogen) atoms. The Hall–Kier alpha value is -1.91. The number of aryl methyl sites for hydroxylation is 1. The maximum atomic E-state index is 12.8. The van der Waals surface area contributed by atoms with E-state index >= 15 is 0 Å². The van der Waals surface area contributed by atoms with Gasteiger partial charge in [-0.05, 0) is 18.4 Å². The highest BCUT2D eigenvalue weighted by molar-refractivity contribution is 7.94.